The molecule has 2 heteroatoms. The van der Waals surface area contributed by atoms with E-state index in [-0.39, 0.29) is 5.82 Å². The van der Waals surface area contributed by atoms with Gasteiger partial charge in [0.15, 0.2) is 0 Å². The molecule has 0 heterocycles. The van der Waals surface area contributed by atoms with Crippen LogP contribution in [0.1, 0.15) is 33.6 Å². The summed E-state index contributed by atoms with van der Waals surface area (Å²) in [6, 6.07) is 0. The minimum atomic E-state index is 0.241. The summed E-state index contributed by atoms with van der Waals surface area (Å²) in [6.45, 7) is 6.35. The Morgan fingerprint density at radius 3 is 1.91 bits per heavy atom. The Balaban J connectivity index is 3.98. The van der Waals surface area contributed by atoms with E-state index in [1.165, 1.54) is 0 Å². The largest absolute Gasteiger partial charge is 0.381 e. The second kappa shape index (κ2) is 5.65. The highest BCUT2D eigenvalue weighted by atomic mass is 16.5. The quantitative estimate of drug-likeness (QED) is 0.552. The predicted octanol–water partition coefficient (Wildman–Crippen LogP) is 2.41. The Labute approximate surface area is 71.9 Å². The average molecular weight is 154 g/mol. The van der Waals surface area contributed by atoms with E-state index in [4.69, 9.17) is 12.6 Å². The van der Waals surface area contributed by atoms with Crippen molar-refractivity contribution < 1.29 is 4.74 Å². The van der Waals surface area contributed by atoms with Gasteiger partial charge in [-0.25, -0.2) is 0 Å². The predicted molar refractivity (Wildman–Crippen MR) is 50.0 cm³/mol. The van der Waals surface area contributed by atoms with E-state index in [1.54, 1.807) is 7.11 Å². The molecule has 0 fully saturated rings. The summed E-state index contributed by atoms with van der Waals surface area (Å²) < 4.78 is 5.33. The Kier molecular flexibility index (Phi) is 5.66. The van der Waals surface area contributed by atoms with Crippen LogP contribution >= 0.6 is 0 Å². The molecule has 0 bridgehead atoms. The third-order valence-electron chi connectivity index (χ3n) is 2.33. The van der Waals surface area contributed by atoms with Gasteiger partial charge in [0, 0.05) is 7.11 Å². The molecule has 0 aromatic carbocycles. The molecule has 0 aliphatic carbocycles. The first kappa shape index (κ1) is 11.0. The van der Waals surface area contributed by atoms with Gasteiger partial charge in [0.05, 0.1) is 14.0 Å². The molecule has 0 aromatic rings. The number of hydrogen-bond acceptors (Lipinski definition) is 1. The lowest BCUT2D eigenvalue weighted by molar-refractivity contribution is 0.0462. The van der Waals surface area contributed by atoms with Gasteiger partial charge in [-0.1, -0.05) is 33.0 Å². The van der Waals surface area contributed by atoms with Crippen LogP contribution in [0, 0.1) is 5.92 Å². The highest BCUT2D eigenvalue weighted by molar-refractivity contribution is 6.11. The normalized spacial score (nSPS) is 19.3. The van der Waals surface area contributed by atoms with E-state index in [0.29, 0.717) is 12.0 Å². The van der Waals surface area contributed by atoms with Crippen LogP contribution in [0.5, 0.6) is 0 Å². The SMILES string of the molecule is [B]C(C)C(CC)C(CC)OC. The van der Waals surface area contributed by atoms with E-state index in [0.717, 1.165) is 12.8 Å². The molecular formula is C9H19BO. The fourth-order valence-corrected chi connectivity index (χ4v) is 1.62. The highest BCUT2D eigenvalue weighted by Gasteiger charge is 2.20. The van der Waals surface area contributed by atoms with Crippen LogP contribution in [0.2, 0.25) is 5.82 Å². The molecule has 0 aromatic heterocycles. The van der Waals surface area contributed by atoms with Crippen LogP contribution in [0.4, 0.5) is 0 Å². The topological polar surface area (TPSA) is 9.23 Å². The Bertz CT molecular complexity index is 89.6. The van der Waals surface area contributed by atoms with Crippen molar-refractivity contribution in [2.24, 2.45) is 5.92 Å². The third kappa shape index (κ3) is 3.28. The molecule has 0 saturated heterocycles. The number of methoxy groups -OCH3 is 1. The van der Waals surface area contributed by atoms with E-state index < -0.39 is 0 Å². The molecule has 0 amide bonds. The van der Waals surface area contributed by atoms with Gasteiger partial charge in [0.2, 0.25) is 0 Å². The van der Waals surface area contributed by atoms with Crippen LogP contribution in [0.3, 0.4) is 0 Å². The monoisotopic (exact) mass is 154 g/mol. The summed E-state index contributed by atoms with van der Waals surface area (Å²) in [5.74, 6) is 0.745. The Morgan fingerprint density at radius 2 is 1.82 bits per heavy atom. The van der Waals surface area contributed by atoms with Crippen molar-refractivity contribution >= 4 is 7.85 Å². The smallest absolute Gasteiger partial charge is 0.0700 e. The molecule has 2 radical (unpaired) electrons. The van der Waals surface area contributed by atoms with Crippen molar-refractivity contribution in [3.05, 3.63) is 0 Å². The number of rotatable bonds is 5. The van der Waals surface area contributed by atoms with Gasteiger partial charge in [0.1, 0.15) is 0 Å². The second-order valence-corrected chi connectivity index (χ2v) is 3.11. The summed E-state index contributed by atoms with van der Waals surface area (Å²) in [4.78, 5) is 0. The molecular weight excluding hydrogens is 135 g/mol. The molecule has 3 atom stereocenters. The molecule has 0 saturated carbocycles. The molecule has 0 rings (SSSR count). The lowest BCUT2D eigenvalue weighted by Crippen LogP contribution is -2.24. The minimum absolute atomic E-state index is 0.241. The summed E-state index contributed by atoms with van der Waals surface area (Å²) in [5.41, 5.74) is 0. The highest BCUT2D eigenvalue weighted by Crippen LogP contribution is 2.25. The van der Waals surface area contributed by atoms with Gasteiger partial charge in [-0.15, -0.1) is 0 Å². The number of hydrogen-bond donors (Lipinski definition) is 0. The summed E-state index contributed by atoms with van der Waals surface area (Å²) >= 11 is 0. The van der Waals surface area contributed by atoms with Crippen LogP contribution < -0.4 is 0 Å². The second-order valence-electron chi connectivity index (χ2n) is 3.11. The van der Waals surface area contributed by atoms with Crippen molar-refractivity contribution in [1.82, 2.24) is 0 Å². The standard InChI is InChI=1S/C9H19BO/c1-5-8(7(3)10)9(6-2)11-4/h7-9H,5-6H2,1-4H3. The first-order valence-electron chi connectivity index (χ1n) is 4.45. The zero-order chi connectivity index (χ0) is 8.85. The van der Waals surface area contributed by atoms with Crippen molar-refractivity contribution in [1.29, 1.82) is 0 Å². The average Bonchev–Trinajstić information content (AvgIpc) is 1.99. The Morgan fingerprint density at radius 1 is 1.27 bits per heavy atom. The van der Waals surface area contributed by atoms with E-state index >= 15 is 0 Å². The molecule has 3 unspecified atom stereocenters. The van der Waals surface area contributed by atoms with Crippen LogP contribution in [0.25, 0.3) is 0 Å². The van der Waals surface area contributed by atoms with Gasteiger partial charge >= 0.3 is 0 Å². The van der Waals surface area contributed by atoms with Gasteiger partial charge in [-0.3, -0.25) is 0 Å². The first-order valence-corrected chi connectivity index (χ1v) is 4.45. The van der Waals surface area contributed by atoms with Crippen LogP contribution in [-0.4, -0.2) is 21.1 Å². The lowest BCUT2D eigenvalue weighted by Gasteiger charge is -2.27. The maximum Gasteiger partial charge on any atom is 0.0700 e. The van der Waals surface area contributed by atoms with Crippen molar-refractivity contribution in [2.75, 3.05) is 7.11 Å². The molecule has 11 heavy (non-hydrogen) atoms. The zero-order valence-electron chi connectivity index (χ0n) is 8.13. The van der Waals surface area contributed by atoms with E-state index in [9.17, 15) is 0 Å². The van der Waals surface area contributed by atoms with Gasteiger partial charge < -0.3 is 4.74 Å². The summed E-state index contributed by atoms with van der Waals surface area (Å²) in [6.07, 6.45) is 2.49. The molecule has 0 N–H and O–H groups in total. The van der Waals surface area contributed by atoms with Crippen LogP contribution in [0.15, 0.2) is 0 Å². The van der Waals surface area contributed by atoms with Crippen molar-refractivity contribution in [3.8, 4) is 0 Å². The maximum absolute atomic E-state index is 5.82. The first-order chi connectivity index (χ1) is 5.17. The molecule has 64 valence electrons. The third-order valence-corrected chi connectivity index (χ3v) is 2.33. The van der Waals surface area contributed by atoms with Crippen molar-refractivity contribution in [2.45, 2.75) is 45.5 Å². The summed E-state index contributed by atoms with van der Waals surface area (Å²) in [5, 5.41) is 0. The lowest BCUT2D eigenvalue weighted by atomic mass is 9.73. The van der Waals surface area contributed by atoms with Gasteiger partial charge in [0.25, 0.3) is 0 Å². The number of ether oxygens (including phenoxy) is 1. The maximum atomic E-state index is 5.82. The van der Waals surface area contributed by atoms with Crippen LogP contribution in [-0.2, 0) is 4.74 Å². The fraction of sp³-hybridized carbons (Fsp3) is 1.00. The molecule has 1 nitrogen and oxygen atoms in total. The molecule has 0 spiro atoms. The fourth-order valence-electron chi connectivity index (χ4n) is 1.62. The minimum Gasteiger partial charge on any atom is -0.381 e. The zero-order valence-corrected chi connectivity index (χ0v) is 8.13. The van der Waals surface area contributed by atoms with Gasteiger partial charge in [-0.2, -0.15) is 0 Å². The van der Waals surface area contributed by atoms with Crippen molar-refractivity contribution in [3.63, 3.8) is 0 Å². The molecule has 0 aliphatic heterocycles. The van der Waals surface area contributed by atoms with Gasteiger partial charge in [-0.05, 0) is 12.3 Å². The van der Waals surface area contributed by atoms with E-state index in [1.807, 2.05) is 0 Å². The molecule has 0 aliphatic rings. The van der Waals surface area contributed by atoms with E-state index in [2.05, 4.69) is 20.8 Å². The summed E-state index contributed by atoms with van der Waals surface area (Å²) in [7, 11) is 7.58. The Hall–Kier alpha value is 0.0249.